The molecule has 1 saturated carbocycles. The fourth-order valence-electron chi connectivity index (χ4n) is 1.19. The van der Waals surface area contributed by atoms with Crippen molar-refractivity contribution in [3.63, 3.8) is 0 Å². The number of carbonyl (C=O) groups excluding carboxylic acids is 1. The van der Waals surface area contributed by atoms with Gasteiger partial charge in [0.05, 0.1) is 0 Å². The van der Waals surface area contributed by atoms with Gasteiger partial charge in [-0.15, -0.1) is 0 Å². The number of hydrogen-bond donors (Lipinski definition) is 1. The number of carbonyl (C=O) groups is 1. The van der Waals surface area contributed by atoms with E-state index in [-0.39, 0.29) is 17.5 Å². The highest BCUT2D eigenvalue weighted by Crippen LogP contribution is 2.20. The van der Waals surface area contributed by atoms with Crippen molar-refractivity contribution >= 4 is 27.9 Å². The summed E-state index contributed by atoms with van der Waals surface area (Å²) in [5.74, 6) is 0.145. The van der Waals surface area contributed by atoms with Gasteiger partial charge in [-0.05, 0) is 40.9 Å². The van der Waals surface area contributed by atoms with Crippen LogP contribution in [0.25, 0.3) is 6.08 Å². The smallest absolute Gasteiger partial charge is 0.262 e. The molecule has 1 amide bonds. The largest absolute Gasteiger partial charge is 0.450 e. The molecule has 5 heteroatoms. The van der Waals surface area contributed by atoms with Gasteiger partial charge in [0.15, 0.2) is 4.67 Å². The molecule has 0 saturated heterocycles. The summed E-state index contributed by atoms with van der Waals surface area (Å²) in [6, 6.07) is 5.50. The Morgan fingerprint density at radius 1 is 1.62 bits per heavy atom. The molecule has 1 aliphatic carbocycles. The second-order valence-corrected chi connectivity index (χ2v) is 4.34. The normalized spacial score (nSPS) is 15.6. The average molecular weight is 281 g/mol. The highest BCUT2D eigenvalue weighted by Gasteiger charge is 2.24. The molecule has 82 valence electrons. The molecule has 1 fully saturated rings. The standard InChI is InChI=1S/C11H9BrN2O2/c12-10-4-3-9(16-10)5-7(6-13)11(15)14-8-1-2-8/h3-5,8H,1-2H2,(H,14,15)/b7-5+. The lowest BCUT2D eigenvalue weighted by molar-refractivity contribution is -0.117. The second kappa shape index (κ2) is 4.54. The topological polar surface area (TPSA) is 66.0 Å². The minimum atomic E-state index is -0.336. The van der Waals surface area contributed by atoms with Crippen LogP contribution in [0.15, 0.2) is 26.8 Å². The van der Waals surface area contributed by atoms with Crippen LogP contribution in [0.2, 0.25) is 0 Å². The summed E-state index contributed by atoms with van der Waals surface area (Å²) in [4.78, 5) is 11.6. The van der Waals surface area contributed by atoms with E-state index in [4.69, 9.17) is 9.68 Å². The zero-order valence-electron chi connectivity index (χ0n) is 8.37. The van der Waals surface area contributed by atoms with Crippen LogP contribution in [-0.4, -0.2) is 11.9 Å². The van der Waals surface area contributed by atoms with Crippen LogP contribution >= 0.6 is 15.9 Å². The molecule has 0 radical (unpaired) electrons. The van der Waals surface area contributed by atoms with Crippen LogP contribution in [0.5, 0.6) is 0 Å². The van der Waals surface area contributed by atoms with Gasteiger partial charge in [-0.3, -0.25) is 4.79 Å². The fraction of sp³-hybridized carbons (Fsp3) is 0.273. The van der Waals surface area contributed by atoms with Crippen molar-refractivity contribution < 1.29 is 9.21 Å². The van der Waals surface area contributed by atoms with Crippen molar-refractivity contribution in [2.24, 2.45) is 0 Å². The zero-order chi connectivity index (χ0) is 11.5. The van der Waals surface area contributed by atoms with Crippen molar-refractivity contribution in [2.75, 3.05) is 0 Å². The Morgan fingerprint density at radius 3 is 2.88 bits per heavy atom. The molecule has 4 nitrogen and oxygen atoms in total. The van der Waals surface area contributed by atoms with Crippen molar-refractivity contribution in [1.82, 2.24) is 5.32 Å². The molecule has 1 aliphatic rings. The third kappa shape index (κ3) is 2.74. The van der Waals surface area contributed by atoms with E-state index in [1.165, 1.54) is 6.08 Å². The minimum Gasteiger partial charge on any atom is -0.450 e. The maximum atomic E-state index is 11.6. The molecule has 2 rings (SSSR count). The predicted octanol–water partition coefficient (Wildman–Crippen LogP) is 2.23. The molecule has 1 aromatic rings. The number of rotatable bonds is 3. The van der Waals surface area contributed by atoms with E-state index >= 15 is 0 Å². The van der Waals surface area contributed by atoms with Crippen molar-refractivity contribution in [2.45, 2.75) is 18.9 Å². The average Bonchev–Trinajstić information content (AvgIpc) is 2.97. The minimum absolute atomic E-state index is 0.0637. The molecule has 1 N–H and O–H groups in total. The van der Waals surface area contributed by atoms with Gasteiger partial charge in [-0.25, -0.2) is 0 Å². The lowest BCUT2D eigenvalue weighted by Gasteiger charge is -1.99. The maximum absolute atomic E-state index is 11.6. The first-order valence-electron chi connectivity index (χ1n) is 4.87. The zero-order valence-corrected chi connectivity index (χ0v) is 9.95. The Balaban J connectivity index is 2.11. The highest BCUT2D eigenvalue weighted by molar-refractivity contribution is 9.10. The molecule has 0 bridgehead atoms. The van der Waals surface area contributed by atoms with Gasteiger partial charge in [0.2, 0.25) is 0 Å². The van der Waals surface area contributed by atoms with Crippen LogP contribution < -0.4 is 5.32 Å². The Labute approximate surface area is 101 Å². The Bertz CT molecular complexity index is 480. The summed E-state index contributed by atoms with van der Waals surface area (Å²) in [5.41, 5.74) is 0.0637. The number of nitrogens with zero attached hydrogens (tertiary/aromatic N) is 1. The Hall–Kier alpha value is -1.54. The number of hydrogen-bond acceptors (Lipinski definition) is 3. The first kappa shape index (κ1) is 11.0. The quantitative estimate of drug-likeness (QED) is 0.682. The van der Waals surface area contributed by atoms with E-state index in [0.717, 1.165) is 12.8 Å². The summed E-state index contributed by atoms with van der Waals surface area (Å²) in [6.45, 7) is 0. The van der Waals surface area contributed by atoms with Gasteiger partial charge in [-0.1, -0.05) is 0 Å². The van der Waals surface area contributed by atoms with Gasteiger partial charge in [-0.2, -0.15) is 5.26 Å². The van der Waals surface area contributed by atoms with Gasteiger partial charge in [0.1, 0.15) is 17.4 Å². The first-order chi connectivity index (χ1) is 7.69. The molecule has 0 aliphatic heterocycles. The summed E-state index contributed by atoms with van der Waals surface area (Å²) in [7, 11) is 0. The second-order valence-electron chi connectivity index (χ2n) is 3.56. The van der Waals surface area contributed by atoms with Crippen molar-refractivity contribution in [3.05, 3.63) is 28.1 Å². The van der Waals surface area contributed by atoms with Crippen molar-refractivity contribution in [3.8, 4) is 6.07 Å². The van der Waals surface area contributed by atoms with Gasteiger partial charge < -0.3 is 9.73 Å². The molecular formula is C11H9BrN2O2. The fourth-order valence-corrected chi connectivity index (χ4v) is 1.51. The lowest BCUT2D eigenvalue weighted by Crippen LogP contribution is -2.26. The summed E-state index contributed by atoms with van der Waals surface area (Å²) >= 11 is 3.15. The molecule has 0 spiro atoms. The van der Waals surface area contributed by atoms with E-state index in [1.54, 1.807) is 12.1 Å². The van der Waals surface area contributed by atoms with E-state index in [2.05, 4.69) is 21.2 Å². The van der Waals surface area contributed by atoms with E-state index in [1.807, 2.05) is 6.07 Å². The Kier molecular flexibility index (Phi) is 3.11. The third-order valence-electron chi connectivity index (χ3n) is 2.16. The number of halogens is 1. The van der Waals surface area contributed by atoms with Crippen LogP contribution in [-0.2, 0) is 4.79 Å². The summed E-state index contributed by atoms with van der Waals surface area (Å²) < 4.78 is 5.76. The van der Waals surface area contributed by atoms with Gasteiger partial charge in [0, 0.05) is 12.1 Å². The van der Waals surface area contributed by atoms with Crippen LogP contribution in [0.3, 0.4) is 0 Å². The maximum Gasteiger partial charge on any atom is 0.262 e. The van der Waals surface area contributed by atoms with E-state index in [9.17, 15) is 4.79 Å². The molecule has 0 aromatic carbocycles. The van der Waals surface area contributed by atoms with Gasteiger partial charge in [0.25, 0.3) is 5.91 Å². The number of nitriles is 1. The lowest BCUT2D eigenvalue weighted by atomic mass is 10.2. The number of amides is 1. The number of nitrogens with one attached hydrogen (secondary N) is 1. The molecule has 16 heavy (non-hydrogen) atoms. The third-order valence-corrected chi connectivity index (χ3v) is 2.58. The molecule has 0 unspecified atom stereocenters. The van der Waals surface area contributed by atoms with Crippen LogP contribution in [0, 0.1) is 11.3 Å². The van der Waals surface area contributed by atoms with Gasteiger partial charge >= 0.3 is 0 Å². The number of furan rings is 1. The predicted molar refractivity (Wildman–Crippen MR) is 61.2 cm³/mol. The molecular weight excluding hydrogens is 272 g/mol. The molecule has 0 atom stereocenters. The van der Waals surface area contributed by atoms with Crippen molar-refractivity contribution in [1.29, 1.82) is 5.26 Å². The Morgan fingerprint density at radius 2 is 2.38 bits per heavy atom. The summed E-state index contributed by atoms with van der Waals surface area (Å²) in [5, 5.41) is 11.6. The van der Waals surface area contributed by atoms with E-state index in [0.29, 0.717) is 10.4 Å². The first-order valence-corrected chi connectivity index (χ1v) is 5.66. The molecule has 1 heterocycles. The SMILES string of the molecule is N#C/C(=C\c1ccc(Br)o1)C(=O)NC1CC1. The summed E-state index contributed by atoms with van der Waals surface area (Å²) in [6.07, 6.45) is 3.43. The van der Waals surface area contributed by atoms with Crippen LogP contribution in [0.4, 0.5) is 0 Å². The van der Waals surface area contributed by atoms with E-state index < -0.39 is 0 Å². The molecule has 1 aromatic heterocycles. The van der Waals surface area contributed by atoms with Crippen LogP contribution in [0.1, 0.15) is 18.6 Å². The highest BCUT2D eigenvalue weighted by atomic mass is 79.9. The monoisotopic (exact) mass is 280 g/mol.